The van der Waals surface area contributed by atoms with Gasteiger partial charge in [-0.2, -0.15) is 13.2 Å². The number of hydrogen-bond donors (Lipinski definition) is 1. The van der Waals surface area contributed by atoms with Crippen LogP contribution in [-0.2, 0) is 6.18 Å². The minimum Gasteiger partial charge on any atom is -0.365 e. The van der Waals surface area contributed by atoms with Crippen LogP contribution >= 0.6 is 0 Å². The van der Waals surface area contributed by atoms with Gasteiger partial charge in [0, 0.05) is 12.6 Å². The predicted molar refractivity (Wildman–Crippen MR) is 68.3 cm³/mol. The first kappa shape index (κ1) is 14.4. The van der Waals surface area contributed by atoms with Crippen molar-refractivity contribution in [1.82, 2.24) is 4.98 Å². The number of hydrogen-bond acceptors (Lipinski definition) is 3. The molecule has 1 aromatic rings. The van der Waals surface area contributed by atoms with E-state index in [0.29, 0.717) is 6.54 Å². The SMILES string of the molecule is C=CCN(c1nc(C(F)(F)F)ccc1C(N)=O)C1CC1. The molecule has 2 N–H and O–H groups in total. The Labute approximate surface area is 114 Å². The Morgan fingerprint density at radius 2 is 2.15 bits per heavy atom. The topological polar surface area (TPSA) is 59.2 Å². The molecule has 20 heavy (non-hydrogen) atoms. The van der Waals surface area contributed by atoms with E-state index in [1.54, 1.807) is 11.0 Å². The zero-order valence-electron chi connectivity index (χ0n) is 10.7. The monoisotopic (exact) mass is 285 g/mol. The van der Waals surface area contributed by atoms with Crippen LogP contribution in [0.1, 0.15) is 28.9 Å². The Morgan fingerprint density at radius 1 is 1.50 bits per heavy atom. The third kappa shape index (κ3) is 2.92. The number of aromatic nitrogens is 1. The average Bonchev–Trinajstić information content (AvgIpc) is 3.18. The van der Waals surface area contributed by atoms with Crippen LogP contribution in [-0.4, -0.2) is 23.5 Å². The molecule has 1 aromatic heterocycles. The van der Waals surface area contributed by atoms with Gasteiger partial charge >= 0.3 is 6.18 Å². The second-order valence-electron chi connectivity index (χ2n) is 4.60. The fourth-order valence-corrected chi connectivity index (χ4v) is 1.95. The van der Waals surface area contributed by atoms with Crippen molar-refractivity contribution < 1.29 is 18.0 Å². The number of alkyl halides is 3. The van der Waals surface area contributed by atoms with Gasteiger partial charge in [-0.25, -0.2) is 4.98 Å². The Bertz CT molecular complexity index is 538. The van der Waals surface area contributed by atoms with Gasteiger partial charge in [-0.1, -0.05) is 6.08 Å². The van der Waals surface area contributed by atoms with Crippen LogP contribution in [0.3, 0.4) is 0 Å². The van der Waals surface area contributed by atoms with Gasteiger partial charge in [0.2, 0.25) is 0 Å². The van der Waals surface area contributed by atoms with Gasteiger partial charge in [0.25, 0.3) is 5.91 Å². The molecule has 1 saturated carbocycles. The highest BCUT2D eigenvalue weighted by Crippen LogP contribution is 2.35. The van der Waals surface area contributed by atoms with Crippen molar-refractivity contribution in [2.24, 2.45) is 5.73 Å². The maximum Gasteiger partial charge on any atom is 0.433 e. The maximum absolute atomic E-state index is 12.7. The van der Waals surface area contributed by atoms with Gasteiger partial charge in [0.1, 0.15) is 11.5 Å². The van der Waals surface area contributed by atoms with Crippen molar-refractivity contribution in [1.29, 1.82) is 0 Å². The van der Waals surface area contributed by atoms with Gasteiger partial charge < -0.3 is 10.6 Å². The van der Waals surface area contributed by atoms with E-state index < -0.39 is 17.8 Å². The molecular weight excluding hydrogens is 271 g/mol. The number of amides is 1. The summed E-state index contributed by atoms with van der Waals surface area (Å²) in [5.41, 5.74) is 4.17. The summed E-state index contributed by atoms with van der Waals surface area (Å²) < 4.78 is 38.2. The van der Waals surface area contributed by atoms with Gasteiger partial charge in [0.15, 0.2) is 0 Å². The molecule has 7 heteroatoms. The summed E-state index contributed by atoms with van der Waals surface area (Å²) in [6.45, 7) is 3.89. The summed E-state index contributed by atoms with van der Waals surface area (Å²) in [5, 5.41) is 0. The van der Waals surface area contributed by atoms with Gasteiger partial charge in [0.05, 0.1) is 5.56 Å². The molecule has 1 fully saturated rings. The Hall–Kier alpha value is -2.05. The molecule has 0 aromatic carbocycles. The molecule has 0 saturated heterocycles. The van der Waals surface area contributed by atoms with Crippen LogP contribution in [0.15, 0.2) is 24.8 Å². The lowest BCUT2D eigenvalue weighted by Crippen LogP contribution is -2.30. The fourth-order valence-electron chi connectivity index (χ4n) is 1.95. The van der Waals surface area contributed by atoms with Crippen LogP contribution in [0.4, 0.5) is 19.0 Å². The summed E-state index contributed by atoms with van der Waals surface area (Å²) in [5.74, 6) is -0.814. The first-order valence-corrected chi connectivity index (χ1v) is 6.10. The number of pyridine rings is 1. The molecule has 2 rings (SSSR count). The summed E-state index contributed by atoms with van der Waals surface area (Å²) in [6, 6.07) is 1.93. The lowest BCUT2D eigenvalue weighted by atomic mass is 10.2. The van der Waals surface area contributed by atoms with Crippen molar-refractivity contribution >= 4 is 11.7 Å². The Morgan fingerprint density at radius 3 is 2.60 bits per heavy atom. The second-order valence-corrected chi connectivity index (χ2v) is 4.60. The Balaban J connectivity index is 2.50. The molecule has 108 valence electrons. The maximum atomic E-state index is 12.7. The van der Waals surface area contributed by atoms with Crippen molar-refractivity contribution in [2.45, 2.75) is 25.1 Å². The number of nitrogens with zero attached hydrogens (tertiary/aromatic N) is 2. The Kier molecular flexibility index (Phi) is 3.69. The van der Waals surface area contributed by atoms with Crippen molar-refractivity contribution in [3.8, 4) is 0 Å². The second kappa shape index (κ2) is 5.15. The van der Waals surface area contributed by atoms with E-state index in [4.69, 9.17) is 5.73 Å². The summed E-state index contributed by atoms with van der Waals surface area (Å²) in [7, 11) is 0. The number of anilines is 1. The standard InChI is InChI=1S/C13H14F3N3O/c1-2-7-19(8-3-4-8)12-9(11(17)20)5-6-10(18-12)13(14,15)16/h2,5-6,8H,1,3-4,7H2,(H2,17,20). The lowest BCUT2D eigenvalue weighted by Gasteiger charge is -2.24. The van der Waals surface area contributed by atoms with E-state index in [9.17, 15) is 18.0 Å². The zero-order chi connectivity index (χ0) is 14.9. The van der Waals surface area contributed by atoms with Crippen LogP contribution in [0.25, 0.3) is 0 Å². The summed E-state index contributed by atoms with van der Waals surface area (Å²) in [4.78, 5) is 16.6. The normalized spacial score (nSPS) is 14.9. The van der Waals surface area contributed by atoms with Crippen LogP contribution < -0.4 is 10.6 Å². The highest BCUT2D eigenvalue weighted by molar-refractivity contribution is 5.97. The molecule has 1 aliphatic rings. The van der Waals surface area contributed by atoms with Crippen molar-refractivity contribution in [2.75, 3.05) is 11.4 Å². The predicted octanol–water partition coefficient (Wildman–Crippen LogP) is 2.35. The van der Waals surface area contributed by atoms with Crippen LogP contribution in [0, 0.1) is 0 Å². The van der Waals surface area contributed by atoms with E-state index in [1.807, 2.05) is 0 Å². The third-order valence-corrected chi connectivity index (χ3v) is 3.02. The van der Waals surface area contributed by atoms with Crippen molar-refractivity contribution in [3.63, 3.8) is 0 Å². The molecule has 1 amide bonds. The van der Waals surface area contributed by atoms with Crippen molar-refractivity contribution in [3.05, 3.63) is 36.0 Å². The number of carbonyl (C=O) groups is 1. The minimum atomic E-state index is -4.56. The minimum absolute atomic E-state index is 0.00764. The number of nitrogens with two attached hydrogens (primary N) is 1. The zero-order valence-corrected chi connectivity index (χ0v) is 10.7. The molecule has 0 atom stereocenters. The highest BCUT2D eigenvalue weighted by atomic mass is 19.4. The van der Waals surface area contributed by atoms with E-state index in [-0.39, 0.29) is 17.4 Å². The average molecular weight is 285 g/mol. The number of carbonyl (C=O) groups excluding carboxylic acids is 1. The number of primary amides is 1. The van der Waals surface area contributed by atoms with Crippen LogP contribution in [0.5, 0.6) is 0 Å². The summed E-state index contributed by atoms with van der Waals surface area (Å²) in [6.07, 6.45) is -1.30. The first-order chi connectivity index (χ1) is 9.34. The quantitative estimate of drug-likeness (QED) is 0.845. The van der Waals surface area contributed by atoms with Crippen LogP contribution in [0.2, 0.25) is 0 Å². The molecule has 4 nitrogen and oxygen atoms in total. The van der Waals surface area contributed by atoms with Gasteiger partial charge in [-0.15, -0.1) is 6.58 Å². The molecule has 0 spiro atoms. The molecular formula is C13H14F3N3O. The largest absolute Gasteiger partial charge is 0.433 e. The fraction of sp³-hybridized carbons (Fsp3) is 0.385. The van der Waals surface area contributed by atoms with E-state index >= 15 is 0 Å². The van der Waals surface area contributed by atoms with Gasteiger partial charge in [-0.05, 0) is 25.0 Å². The third-order valence-electron chi connectivity index (χ3n) is 3.02. The first-order valence-electron chi connectivity index (χ1n) is 6.10. The lowest BCUT2D eigenvalue weighted by molar-refractivity contribution is -0.141. The molecule has 1 aliphatic carbocycles. The summed E-state index contributed by atoms with van der Waals surface area (Å²) >= 11 is 0. The van der Waals surface area contributed by atoms with E-state index in [2.05, 4.69) is 11.6 Å². The smallest absolute Gasteiger partial charge is 0.365 e. The number of halogens is 3. The molecule has 0 aliphatic heterocycles. The molecule has 1 heterocycles. The molecule has 0 unspecified atom stereocenters. The number of rotatable bonds is 5. The molecule has 0 bridgehead atoms. The van der Waals surface area contributed by atoms with E-state index in [0.717, 1.165) is 25.0 Å². The molecule has 0 radical (unpaired) electrons. The highest BCUT2D eigenvalue weighted by Gasteiger charge is 2.36. The van der Waals surface area contributed by atoms with E-state index in [1.165, 1.54) is 0 Å². The van der Waals surface area contributed by atoms with Gasteiger partial charge in [-0.3, -0.25) is 4.79 Å².